The van der Waals surface area contributed by atoms with Crippen LogP contribution in [0.2, 0.25) is 0 Å². The number of aryl methyl sites for hydroxylation is 2. The third-order valence-corrected chi connectivity index (χ3v) is 7.74. The van der Waals surface area contributed by atoms with Crippen LogP contribution in [0.5, 0.6) is 0 Å². The van der Waals surface area contributed by atoms with Crippen molar-refractivity contribution < 1.29 is 4.39 Å². The van der Waals surface area contributed by atoms with E-state index in [9.17, 15) is 4.39 Å². The lowest BCUT2D eigenvalue weighted by molar-refractivity contribution is 0.249. The van der Waals surface area contributed by atoms with Gasteiger partial charge in [0.2, 0.25) is 0 Å². The van der Waals surface area contributed by atoms with Crippen LogP contribution in [-0.2, 0) is 12.8 Å². The van der Waals surface area contributed by atoms with Crippen LogP contribution in [0.4, 0.5) is 4.39 Å². The van der Waals surface area contributed by atoms with Crippen molar-refractivity contribution in [2.45, 2.75) is 84.5 Å². The molecule has 1 aliphatic carbocycles. The van der Waals surface area contributed by atoms with Gasteiger partial charge in [0.05, 0.1) is 0 Å². The molecule has 1 heteroatoms. The van der Waals surface area contributed by atoms with E-state index >= 15 is 0 Å². The van der Waals surface area contributed by atoms with E-state index in [-0.39, 0.29) is 5.82 Å². The fraction of sp³-hybridized carbons (Fsp3) is 0.455. The van der Waals surface area contributed by atoms with E-state index in [1.807, 2.05) is 37.3 Å². The quantitative estimate of drug-likeness (QED) is 0.235. The van der Waals surface area contributed by atoms with Crippen molar-refractivity contribution >= 4 is 10.8 Å². The van der Waals surface area contributed by atoms with Crippen molar-refractivity contribution in [2.24, 2.45) is 11.8 Å². The second-order valence-corrected chi connectivity index (χ2v) is 10.2. The second-order valence-electron chi connectivity index (χ2n) is 10.2. The Labute approximate surface area is 206 Å². The Kier molecular flexibility index (Phi) is 8.81. The molecule has 4 rings (SSSR count). The highest BCUT2D eigenvalue weighted by molar-refractivity contribution is 5.85. The highest BCUT2D eigenvalue weighted by Crippen LogP contribution is 2.34. The van der Waals surface area contributed by atoms with Crippen LogP contribution in [-0.4, -0.2) is 0 Å². The van der Waals surface area contributed by atoms with E-state index in [4.69, 9.17) is 0 Å². The van der Waals surface area contributed by atoms with Gasteiger partial charge >= 0.3 is 0 Å². The Balaban J connectivity index is 1.29. The Bertz CT molecular complexity index is 1120. The summed E-state index contributed by atoms with van der Waals surface area (Å²) >= 11 is 0. The Morgan fingerprint density at radius 1 is 0.765 bits per heavy atom. The Hall–Kier alpha value is -2.59. The van der Waals surface area contributed by atoms with Gasteiger partial charge in [-0.1, -0.05) is 107 Å². The highest BCUT2D eigenvalue weighted by atomic mass is 19.1. The maximum Gasteiger partial charge on any atom is 0.134 e. The summed E-state index contributed by atoms with van der Waals surface area (Å²) in [5.74, 6) is 8.34. The lowest BCUT2D eigenvalue weighted by atomic mass is 9.78. The second kappa shape index (κ2) is 12.2. The van der Waals surface area contributed by atoms with Gasteiger partial charge < -0.3 is 0 Å². The molecular weight excluding hydrogens is 415 g/mol. The number of benzene rings is 3. The normalized spacial score (nSPS) is 18.0. The Morgan fingerprint density at radius 2 is 1.44 bits per heavy atom. The monoisotopic (exact) mass is 454 g/mol. The zero-order valence-electron chi connectivity index (χ0n) is 21.0. The molecule has 0 unspecified atom stereocenters. The number of hydrogen-bond donors (Lipinski definition) is 0. The van der Waals surface area contributed by atoms with Gasteiger partial charge in [0.15, 0.2) is 0 Å². The molecule has 0 aromatic heterocycles. The first kappa shape index (κ1) is 24.5. The molecule has 1 saturated carbocycles. The molecule has 34 heavy (non-hydrogen) atoms. The average Bonchev–Trinajstić information content (AvgIpc) is 2.88. The molecule has 1 aliphatic rings. The summed E-state index contributed by atoms with van der Waals surface area (Å²) in [6.07, 6.45) is 14.6. The molecular formula is C33H39F. The van der Waals surface area contributed by atoms with Crippen LogP contribution in [0.25, 0.3) is 10.8 Å². The van der Waals surface area contributed by atoms with Gasteiger partial charge in [-0.2, -0.15) is 0 Å². The van der Waals surface area contributed by atoms with E-state index in [1.165, 1.54) is 69.8 Å². The summed E-state index contributed by atoms with van der Waals surface area (Å²) in [5.41, 5.74) is 4.14. The van der Waals surface area contributed by atoms with Crippen molar-refractivity contribution in [2.75, 3.05) is 0 Å². The summed E-state index contributed by atoms with van der Waals surface area (Å²) in [4.78, 5) is 0. The summed E-state index contributed by atoms with van der Waals surface area (Å²) < 4.78 is 14.5. The van der Waals surface area contributed by atoms with Gasteiger partial charge in [0, 0.05) is 16.5 Å². The SMILES string of the molecule is CCCCCC1CCC(CCc2ccc(C#Cc3ccc4c(F)c(CC)ccc4c3)cc2)CC1. The molecule has 0 nitrogen and oxygen atoms in total. The number of rotatable bonds is 8. The molecule has 0 bridgehead atoms. The molecule has 0 amide bonds. The molecule has 3 aromatic rings. The van der Waals surface area contributed by atoms with Gasteiger partial charge in [0.1, 0.15) is 5.82 Å². The van der Waals surface area contributed by atoms with Crippen LogP contribution < -0.4 is 0 Å². The number of hydrogen-bond acceptors (Lipinski definition) is 0. The largest absolute Gasteiger partial charge is 0.206 e. The first-order chi connectivity index (χ1) is 16.7. The van der Waals surface area contributed by atoms with Crippen LogP contribution in [0.15, 0.2) is 54.6 Å². The molecule has 0 atom stereocenters. The summed E-state index contributed by atoms with van der Waals surface area (Å²) in [5, 5.41) is 1.59. The maximum atomic E-state index is 14.5. The smallest absolute Gasteiger partial charge is 0.134 e. The predicted molar refractivity (Wildman–Crippen MR) is 144 cm³/mol. The maximum absolute atomic E-state index is 14.5. The lowest BCUT2D eigenvalue weighted by Gasteiger charge is -2.28. The first-order valence-electron chi connectivity index (χ1n) is 13.5. The fourth-order valence-electron chi connectivity index (χ4n) is 5.45. The standard InChI is InChI=1S/C33H39F/c1-3-5-6-7-25-8-10-26(11-9-25)12-13-27-14-16-28(17-15-27)18-19-29-20-23-32-31(24-29)22-21-30(4-2)33(32)34/h14-17,20-26H,3-13H2,1-2H3. The van der Waals surface area contributed by atoms with E-state index in [0.717, 1.165) is 33.9 Å². The zero-order valence-corrected chi connectivity index (χ0v) is 21.0. The third-order valence-electron chi connectivity index (χ3n) is 7.74. The molecule has 0 saturated heterocycles. The minimum Gasteiger partial charge on any atom is -0.206 e. The summed E-state index contributed by atoms with van der Waals surface area (Å²) in [6, 6.07) is 18.4. The number of fused-ring (bicyclic) bond motifs is 1. The van der Waals surface area contributed by atoms with Gasteiger partial charge in [-0.3, -0.25) is 0 Å². The van der Waals surface area contributed by atoms with E-state index in [0.29, 0.717) is 11.8 Å². The van der Waals surface area contributed by atoms with Gasteiger partial charge in [-0.25, -0.2) is 4.39 Å². The minimum atomic E-state index is -0.102. The molecule has 3 aromatic carbocycles. The molecule has 1 fully saturated rings. The topological polar surface area (TPSA) is 0 Å². The molecule has 0 N–H and O–H groups in total. The van der Waals surface area contributed by atoms with E-state index < -0.39 is 0 Å². The van der Waals surface area contributed by atoms with Crippen molar-refractivity contribution in [3.63, 3.8) is 0 Å². The van der Waals surface area contributed by atoms with Crippen LogP contribution >= 0.6 is 0 Å². The molecule has 0 aliphatic heterocycles. The lowest BCUT2D eigenvalue weighted by Crippen LogP contribution is -2.15. The van der Waals surface area contributed by atoms with Gasteiger partial charge in [-0.15, -0.1) is 0 Å². The molecule has 178 valence electrons. The van der Waals surface area contributed by atoms with Crippen LogP contribution in [0, 0.1) is 29.5 Å². The van der Waals surface area contributed by atoms with Gasteiger partial charge in [-0.05, 0) is 71.9 Å². The number of unbranched alkanes of at least 4 members (excludes halogenated alkanes) is 2. The predicted octanol–water partition coefficient (Wildman–Crippen LogP) is 9.26. The van der Waals surface area contributed by atoms with E-state index in [2.05, 4.69) is 43.0 Å². The summed E-state index contributed by atoms with van der Waals surface area (Å²) in [6.45, 7) is 4.28. The van der Waals surface area contributed by atoms with Crippen molar-refractivity contribution in [3.8, 4) is 11.8 Å². The first-order valence-corrected chi connectivity index (χ1v) is 13.5. The van der Waals surface area contributed by atoms with Crippen LogP contribution in [0.3, 0.4) is 0 Å². The minimum absolute atomic E-state index is 0.102. The average molecular weight is 455 g/mol. The number of halogens is 1. The van der Waals surface area contributed by atoms with Crippen LogP contribution in [0.1, 0.15) is 93.9 Å². The fourth-order valence-corrected chi connectivity index (χ4v) is 5.45. The van der Waals surface area contributed by atoms with Crippen molar-refractivity contribution in [1.29, 1.82) is 0 Å². The molecule has 0 heterocycles. The Morgan fingerprint density at radius 3 is 2.15 bits per heavy atom. The van der Waals surface area contributed by atoms with Crippen molar-refractivity contribution in [1.82, 2.24) is 0 Å². The summed E-state index contributed by atoms with van der Waals surface area (Å²) in [7, 11) is 0. The third kappa shape index (κ3) is 6.50. The molecule has 0 spiro atoms. The highest BCUT2D eigenvalue weighted by Gasteiger charge is 2.20. The van der Waals surface area contributed by atoms with E-state index in [1.54, 1.807) is 0 Å². The molecule has 0 radical (unpaired) electrons. The zero-order chi connectivity index (χ0) is 23.8. The van der Waals surface area contributed by atoms with Gasteiger partial charge in [0.25, 0.3) is 0 Å². The van der Waals surface area contributed by atoms with Crippen molar-refractivity contribution in [3.05, 3.63) is 82.7 Å².